The summed E-state index contributed by atoms with van der Waals surface area (Å²) in [5, 5.41) is 3.00. The molecule has 0 aliphatic heterocycles. The van der Waals surface area contributed by atoms with Crippen molar-refractivity contribution in [3.05, 3.63) is 101 Å². The summed E-state index contributed by atoms with van der Waals surface area (Å²) in [6.45, 7) is 10.1. The fourth-order valence-electron chi connectivity index (χ4n) is 4.92. The average Bonchev–Trinajstić information content (AvgIpc) is 2.88. The van der Waals surface area contributed by atoms with Crippen LogP contribution in [0.3, 0.4) is 0 Å². The minimum Gasteiger partial charge on any atom is -0.352 e. The molecule has 0 fully saturated rings. The second-order valence-electron chi connectivity index (χ2n) is 11.2. The number of rotatable bonds is 13. The molecule has 1 N–H and O–H groups in total. The fourth-order valence-corrected chi connectivity index (χ4v) is 5.87. The van der Waals surface area contributed by atoms with Crippen molar-refractivity contribution >= 4 is 27.5 Å². The first-order chi connectivity index (χ1) is 19.3. The van der Waals surface area contributed by atoms with E-state index in [0.29, 0.717) is 18.5 Å². The lowest BCUT2D eigenvalue weighted by molar-refractivity contribution is -0.141. The third kappa shape index (κ3) is 9.74. The molecular weight excluding hydrogens is 534 g/mol. The summed E-state index contributed by atoms with van der Waals surface area (Å²) in [7, 11) is -3.56. The summed E-state index contributed by atoms with van der Waals surface area (Å²) >= 11 is 0. The van der Waals surface area contributed by atoms with Crippen LogP contribution in [-0.4, -0.2) is 50.0 Å². The lowest BCUT2D eigenvalue weighted by atomic mass is 10.0. The Morgan fingerprint density at radius 2 is 1.44 bits per heavy atom. The molecule has 0 bridgehead atoms. The number of anilines is 1. The maximum absolute atomic E-state index is 13.9. The highest BCUT2D eigenvalue weighted by Crippen LogP contribution is 2.23. The first kappa shape index (κ1) is 31.9. The van der Waals surface area contributed by atoms with Crippen molar-refractivity contribution in [3.63, 3.8) is 0 Å². The molecule has 0 saturated heterocycles. The summed E-state index contributed by atoms with van der Waals surface area (Å²) < 4.78 is 26.8. The Kier molecular flexibility index (Phi) is 11.1. The van der Waals surface area contributed by atoms with E-state index < -0.39 is 16.1 Å². The topological polar surface area (TPSA) is 86.8 Å². The fraction of sp³-hybridized carbons (Fsp3) is 0.394. The highest BCUT2D eigenvalue weighted by Gasteiger charge is 2.31. The normalized spacial score (nSPS) is 12.2. The van der Waals surface area contributed by atoms with E-state index in [1.165, 1.54) is 10.6 Å². The number of aryl methyl sites for hydroxylation is 3. The smallest absolute Gasteiger partial charge is 0.243 e. The van der Waals surface area contributed by atoms with E-state index in [0.717, 1.165) is 27.8 Å². The maximum Gasteiger partial charge on any atom is 0.243 e. The van der Waals surface area contributed by atoms with E-state index in [4.69, 9.17) is 0 Å². The van der Waals surface area contributed by atoms with Crippen molar-refractivity contribution in [1.82, 2.24) is 10.2 Å². The number of carbonyl (C=O) groups excluding carboxylic acids is 2. The largest absolute Gasteiger partial charge is 0.352 e. The number of hydrogen-bond acceptors (Lipinski definition) is 4. The van der Waals surface area contributed by atoms with Gasteiger partial charge in [-0.25, -0.2) is 8.42 Å². The van der Waals surface area contributed by atoms with Gasteiger partial charge in [-0.05, 0) is 75.4 Å². The summed E-state index contributed by atoms with van der Waals surface area (Å²) in [5.74, 6) is -0.406. The number of nitrogens with one attached hydrogen (secondary N) is 1. The van der Waals surface area contributed by atoms with Crippen LogP contribution < -0.4 is 9.62 Å². The summed E-state index contributed by atoms with van der Waals surface area (Å²) in [5.41, 5.74) is 5.51. The summed E-state index contributed by atoms with van der Waals surface area (Å²) in [6.07, 6.45) is 1.97. The predicted molar refractivity (Wildman–Crippen MR) is 166 cm³/mol. The molecule has 3 aromatic rings. The Labute approximate surface area is 245 Å². The van der Waals surface area contributed by atoms with Gasteiger partial charge in [0.2, 0.25) is 21.8 Å². The van der Waals surface area contributed by atoms with Crippen LogP contribution in [0.4, 0.5) is 5.69 Å². The van der Waals surface area contributed by atoms with E-state index in [2.05, 4.69) is 5.32 Å². The van der Waals surface area contributed by atoms with Gasteiger partial charge in [-0.3, -0.25) is 13.9 Å². The number of amides is 2. The van der Waals surface area contributed by atoms with Crippen LogP contribution in [0.25, 0.3) is 0 Å². The molecule has 3 rings (SSSR count). The Hall–Kier alpha value is -3.65. The van der Waals surface area contributed by atoms with Crippen molar-refractivity contribution in [1.29, 1.82) is 0 Å². The first-order valence-electron chi connectivity index (χ1n) is 14.1. The monoisotopic (exact) mass is 577 g/mol. The van der Waals surface area contributed by atoms with Crippen LogP contribution in [-0.2, 0) is 32.6 Å². The van der Waals surface area contributed by atoms with E-state index >= 15 is 0 Å². The van der Waals surface area contributed by atoms with E-state index in [9.17, 15) is 18.0 Å². The predicted octanol–water partition coefficient (Wildman–Crippen LogP) is 5.32. The zero-order valence-corrected chi connectivity index (χ0v) is 25.9. The van der Waals surface area contributed by atoms with Gasteiger partial charge < -0.3 is 10.2 Å². The van der Waals surface area contributed by atoms with Crippen LogP contribution in [0.2, 0.25) is 0 Å². The van der Waals surface area contributed by atoms with Gasteiger partial charge in [0.1, 0.15) is 6.04 Å². The number of hydrogen-bond donors (Lipinski definition) is 1. The zero-order valence-electron chi connectivity index (χ0n) is 25.1. The molecule has 0 radical (unpaired) electrons. The molecule has 7 nitrogen and oxygen atoms in total. The lowest BCUT2D eigenvalue weighted by Gasteiger charge is -2.32. The van der Waals surface area contributed by atoms with Gasteiger partial charge in [0.05, 0.1) is 11.9 Å². The highest BCUT2D eigenvalue weighted by atomic mass is 32.2. The van der Waals surface area contributed by atoms with E-state index in [-0.39, 0.29) is 37.4 Å². The third-order valence-electron chi connectivity index (χ3n) is 6.82. The molecule has 41 heavy (non-hydrogen) atoms. The van der Waals surface area contributed by atoms with Crippen molar-refractivity contribution in [2.75, 3.05) is 17.1 Å². The summed E-state index contributed by atoms with van der Waals surface area (Å²) in [6, 6.07) is 22.5. The molecule has 1 atom stereocenters. The molecule has 0 aliphatic carbocycles. The van der Waals surface area contributed by atoms with Gasteiger partial charge in [-0.15, -0.1) is 0 Å². The summed E-state index contributed by atoms with van der Waals surface area (Å²) in [4.78, 5) is 29.1. The molecule has 3 aromatic carbocycles. The second kappa shape index (κ2) is 14.3. The second-order valence-corrected chi connectivity index (χ2v) is 13.1. The molecular formula is C33H43N3O4S. The van der Waals surface area contributed by atoms with Crippen LogP contribution in [0.1, 0.15) is 54.5 Å². The van der Waals surface area contributed by atoms with Crippen LogP contribution in [0, 0.1) is 20.8 Å². The average molecular weight is 578 g/mol. The maximum atomic E-state index is 13.9. The van der Waals surface area contributed by atoms with Crippen molar-refractivity contribution in [2.45, 2.75) is 72.5 Å². The highest BCUT2D eigenvalue weighted by molar-refractivity contribution is 7.92. The van der Waals surface area contributed by atoms with Gasteiger partial charge in [0, 0.05) is 32.0 Å². The van der Waals surface area contributed by atoms with Gasteiger partial charge in [-0.1, -0.05) is 66.2 Å². The van der Waals surface area contributed by atoms with Crippen LogP contribution in [0.15, 0.2) is 72.8 Å². The standard InChI is InChI=1S/C33H43N3O4S/c1-24(2)34-33(38)31(22-28-11-8-7-9-12-28)35(23-29-16-14-25(3)15-17-29)32(37)13-10-18-36(41(6,39)40)30-20-26(4)19-27(5)21-30/h7-9,11-12,14-17,19-21,24,31H,10,13,18,22-23H2,1-6H3,(H,34,38)/t31-/m0/s1. The van der Waals surface area contributed by atoms with Crippen LogP contribution in [0.5, 0.6) is 0 Å². The SMILES string of the molecule is Cc1ccc(CN(C(=O)CCCN(c2cc(C)cc(C)c2)S(C)(=O)=O)[C@@H](Cc2ccccc2)C(=O)NC(C)C)cc1. The molecule has 220 valence electrons. The molecule has 0 saturated carbocycles. The lowest BCUT2D eigenvalue weighted by Crippen LogP contribution is -2.51. The molecule has 0 unspecified atom stereocenters. The van der Waals surface area contributed by atoms with E-state index in [1.807, 2.05) is 107 Å². The Morgan fingerprint density at radius 3 is 2.00 bits per heavy atom. The minimum atomic E-state index is -3.56. The van der Waals surface area contributed by atoms with Gasteiger partial charge in [0.15, 0.2) is 0 Å². The van der Waals surface area contributed by atoms with Crippen molar-refractivity contribution < 1.29 is 18.0 Å². The van der Waals surface area contributed by atoms with Crippen molar-refractivity contribution in [3.8, 4) is 0 Å². The number of sulfonamides is 1. The number of carbonyl (C=O) groups is 2. The zero-order chi connectivity index (χ0) is 30.2. The van der Waals surface area contributed by atoms with E-state index in [1.54, 1.807) is 4.90 Å². The molecule has 0 spiro atoms. The molecule has 8 heteroatoms. The molecule has 2 amide bonds. The Bertz CT molecular complexity index is 1400. The molecule has 0 heterocycles. The van der Waals surface area contributed by atoms with Crippen LogP contribution >= 0.6 is 0 Å². The first-order valence-corrected chi connectivity index (χ1v) is 15.9. The number of nitrogens with zero attached hydrogens (tertiary/aromatic N) is 2. The molecule has 0 aromatic heterocycles. The van der Waals surface area contributed by atoms with Gasteiger partial charge in [-0.2, -0.15) is 0 Å². The third-order valence-corrected chi connectivity index (χ3v) is 8.02. The minimum absolute atomic E-state index is 0.0850. The van der Waals surface area contributed by atoms with Crippen molar-refractivity contribution in [2.24, 2.45) is 0 Å². The quantitative estimate of drug-likeness (QED) is 0.298. The number of benzene rings is 3. The van der Waals surface area contributed by atoms with Gasteiger partial charge >= 0.3 is 0 Å². The van der Waals surface area contributed by atoms with Gasteiger partial charge in [0.25, 0.3) is 0 Å². The Morgan fingerprint density at radius 1 is 0.829 bits per heavy atom. The Balaban J connectivity index is 1.89. The molecule has 0 aliphatic rings.